The zero-order chi connectivity index (χ0) is 18.6. The quantitative estimate of drug-likeness (QED) is 0.377. The summed E-state index contributed by atoms with van der Waals surface area (Å²) in [5.41, 5.74) is -2.67. The molecule has 2 unspecified atom stereocenters. The van der Waals surface area contributed by atoms with Crippen LogP contribution in [0.15, 0.2) is 29.4 Å². The minimum absolute atomic E-state index is 0.0259. The number of non-ortho nitro benzene ring substituents is 1. The molecule has 2 aliphatic carbocycles. The second-order valence-electron chi connectivity index (χ2n) is 7.40. The average molecular weight is 345 g/mol. The normalized spacial score (nSPS) is 31.3. The van der Waals surface area contributed by atoms with Gasteiger partial charge in [-0.3, -0.25) is 19.7 Å². The van der Waals surface area contributed by atoms with Gasteiger partial charge in [0, 0.05) is 23.2 Å². The van der Waals surface area contributed by atoms with Crippen LogP contribution in [-0.2, 0) is 9.59 Å². The molecule has 0 aromatic heterocycles. The number of Topliss-reactive ketones (excluding diaryl/α,β-unsaturated/α-hetero) is 1. The van der Waals surface area contributed by atoms with Crippen LogP contribution in [0.25, 0.3) is 0 Å². The van der Waals surface area contributed by atoms with E-state index < -0.39 is 32.9 Å². The fourth-order valence-corrected chi connectivity index (χ4v) is 4.39. The Kier molecular flexibility index (Phi) is 3.49. The summed E-state index contributed by atoms with van der Waals surface area (Å²) in [7, 11) is 0. The predicted octanol–water partition coefficient (Wildman–Crippen LogP) is 2.76. The monoisotopic (exact) mass is 345 g/mol. The predicted molar refractivity (Wildman–Crippen MR) is 89.5 cm³/mol. The highest BCUT2D eigenvalue weighted by Gasteiger charge is 2.76. The van der Waals surface area contributed by atoms with E-state index in [4.69, 9.17) is 0 Å². The van der Waals surface area contributed by atoms with E-state index in [9.17, 15) is 24.9 Å². The number of nitro benzene ring substituents is 1. The molecule has 8 heteroatoms. The van der Waals surface area contributed by atoms with Crippen LogP contribution in [0.5, 0.6) is 0 Å². The van der Waals surface area contributed by atoms with Gasteiger partial charge >= 0.3 is 0 Å². The topological polar surface area (TPSA) is 122 Å². The Hall–Kier alpha value is -2.77. The molecule has 2 saturated carbocycles. The second kappa shape index (κ2) is 5.11. The van der Waals surface area contributed by atoms with Crippen molar-refractivity contribution in [1.29, 1.82) is 0 Å². The molecule has 2 bridgehead atoms. The number of fused-ring (bicyclic) bond motifs is 2. The molecule has 1 aromatic rings. The summed E-state index contributed by atoms with van der Waals surface area (Å²) in [5, 5.41) is 26.0. The number of benzene rings is 1. The first-order chi connectivity index (χ1) is 11.6. The van der Waals surface area contributed by atoms with Gasteiger partial charge in [-0.25, -0.2) is 0 Å². The number of nitrogens with zero attached hydrogens (tertiary/aromatic N) is 2. The van der Waals surface area contributed by atoms with E-state index in [-0.39, 0.29) is 17.1 Å². The van der Waals surface area contributed by atoms with Gasteiger partial charge in [0.2, 0.25) is 5.91 Å². The second-order valence-corrected chi connectivity index (χ2v) is 7.40. The number of carbonyl (C=O) groups is 2. The van der Waals surface area contributed by atoms with Gasteiger partial charge in [0.15, 0.2) is 5.78 Å². The van der Waals surface area contributed by atoms with Gasteiger partial charge in [-0.15, -0.1) is 0 Å². The lowest BCUT2D eigenvalue weighted by atomic mass is 9.64. The van der Waals surface area contributed by atoms with Gasteiger partial charge in [0.25, 0.3) is 5.69 Å². The number of hydrogen-bond donors (Lipinski definition) is 2. The molecule has 0 aliphatic heterocycles. The van der Waals surface area contributed by atoms with E-state index in [1.54, 1.807) is 0 Å². The van der Waals surface area contributed by atoms with Gasteiger partial charge in [-0.2, -0.15) is 0 Å². The van der Waals surface area contributed by atoms with Crippen molar-refractivity contribution in [2.45, 2.75) is 33.6 Å². The number of amides is 1. The van der Waals surface area contributed by atoms with Crippen molar-refractivity contribution in [1.82, 2.24) is 0 Å². The summed E-state index contributed by atoms with van der Waals surface area (Å²) in [4.78, 5) is 36.3. The van der Waals surface area contributed by atoms with E-state index in [0.717, 1.165) is 0 Å². The Morgan fingerprint density at radius 3 is 2.56 bits per heavy atom. The van der Waals surface area contributed by atoms with Crippen molar-refractivity contribution >= 4 is 28.8 Å². The van der Waals surface area contributed by atoms with Crippen LogP contribution in [0.4, 0.5) is 11.4 Å². The van der Waals surface area contributed by atoms with E-state index in [0.29, 0.717) is 12.8 Å². The van der Waals surface area contributed by atoms with Crippen LogP contribution < -0.4 is 5.32 Å². The number of rotatable bonds is 3. The number of nitro groups is 1. The van der Waals surface area contributed by atoms with Gasteiger partial charge in [0.05, 0.1) is 4.92 Å². The van der Waals surface area contributed by atoms with Crippen molar-refractivity contribution in [3.8, 4) is 0 Å². The van der Waals surface area contributed by atoms with Gasteiger partial charge in [0.1, 0.15) is 11.1 Å². The summed E-state index contributed by atoms with van der Waals surface area (Å²) < 4.78 is 0. The molecule has 25 heavy (non-hydrogen) atoms. The van der Waals surface area contributed by atoms with Crippen molar-refractivity contribution in [2.24, 2.45) is 21.4 Å². The fourth-order valence-electron chi connectivity index (χ4n) is 4.39. The summed E-state index contributed by atoms with van der Waals surface area (Å²) in [6.45, 7) is 5.47. The maximum atomic E-state index is 13.1. The van der Waals surface area contributed by atoms with Gasteiger partial charge in [-0.1, -0.05) is 32.0 Å². The van der Waals surface area contributed by atoms with Gasteiger partial charge in [-0.05, 0) is 24.3 Å². The number of carbonyl (C=O) groups excluding carboxylic acids is 2. The fraction of sp³-hybridized carbons (Fsp3) is 0.471. The number of hydrogen-bond acceptors (Lipinski definition) is 6. The van der Waals surface area contributed by atoms with Crippen LogP contribution in [0.3, 0.4) is 0 Å². The molecule has 0 heterocycles. The smallest absolute Gasteiger partial charge is 0.271 e. The molecule has 2 fully saturated rings. The highest BCUT2D eigenvalue weighted by Crippen LogP contribution is 2.69. The van der Waals surface area contributed by atoms with E-state index in [2.05, 4.69) is 10.5 Å². The van der Waals surface area contributed by atoms with E-state index in [1.165, 1.54) is 24.3 Å². The van der Waals surface area contributed by atoms with Gasteiger partial charge < -0.3 is 10.5 Å². The van der Waals surface area contributed by atoms with Crippen LogP contribution in [-0.4, -0.2) is 27.5 Å². The Labute approximate surface area is 144 Å². The van der Waals surface area contributed by atoms with Crippen molar-refractivity contribution in [3.05, 3.63) is 34.4 Å². The largest absolute Gasteiger partial charge is 0.411 e. The Bertz CT molecular complexity index is 831. The third-order valence-corrected chi connectivity index (χ3v) is 6.37. The molecule has 132 valence electrons. The molecule has 1 amide bonds. The zero-order valence-corrected chi connectivity index (χ0v) is 14.2. The van der Waals surface area contributed by atoms with Crippen LogP contribution in [0, 0.1) is 26.4 Å². The molecule has 2 atom stereocenters. The van der Waals surface area contributed by atoms with Crippen molar-refractivity contribution in [3.63, 3.8) is 0 Å². The molecule has 0 spiro atoms. The van der Waals surface area contributed by atoms with Crippen LogP contribution in [0.1, 0.15) is 33.6 Å². The molecule has 0 saturated heterocycles. The summed E-state index contributed by atoms with van der Waals surface area (Å²) in [6.07, 6.45) is 0.891. The Morgan fingerprint density at radius 1 is 1.32 bits per heavy atom. The Balaban J connectivity index is 2.01. The third-order valence-electron chi connectivity index (χ3n) is 6.37. The standard InChI is InChI=1S/C17H19N3O5/c1-15(2)16(3)7-8-17(15,13(21)12(16)19-23)14(22)18-10-5-4-6-11(9-10)20(24)25/h4-6,9,23H,7-8H2,1-3H3,(H,18,22). The maximum absolute atomic E-state index is 13.1. The minimum atomic E-state index is -1.35. The maximum Gasteiger partial charge on any atom is 0.271 e. The number of oxime groups is 1. The lowest BCUT2D eigenvalue weighted by molar-refractivity contribution is -0.384. The third kappa shape index (κ3) is 1.90. The first-order valence-electron chi connectivity index (χ1n) is 7.95. The Morgan fingerprint density at radius 2 is 2.00 bits per heavy atom. The molecular formula is C17H19N3O5. The molecule has 1 aromatic carbocycles. The number of nitrogens with one attached hydrogen (secondary N) is 1. The van der Waals surface area contributed by atoms with E-state index in [1.807, 2.05) is 20.8 Å². The first kappa shape index (κ1) is 17.1. The average Bonchev–Trinajstić information content (AvgIpc) is 2.83. The zero-order valence-electron chi connectivity index (χ0n) is 14.2. The SMILES string of the molecule is CC12CCC(C(=O)Nc3cccc([N+](=O)[O-])c3)(C(=O)C1=NO)C2(C)C. The lowest BCUT2D eigenvalue weighted by Crippen LogP contribution is -2.47. The lowest BCUT2D eigenvalue weighted by Gasteiger charge is -2.37. The van der Waals surface area contributed by atoms with Crippen molar-refractivity contribution < 1.29 is 19.7 Å². The minimum Gasteiger partial charge on any atom is -0.411 e. The molecule has 2 N–H and O–H groups in total. The number of anilines is 1. The molecule has 0 radical (unpaired) electrons. The summed E-state index contributed by atoms with van der Waals surface area (Å²) >= 11 is 0. The highest BCUT2D eigenvalue weighted by molar-refractivity contribution is 6.51. The molecular weight excluding hydrogens is 326 g/mol. The summed E-state index contributed by atoms with van der Waals surface area (Å²) in [5.74, 6) is -0.998. The highest BCUT2D eigenvalue weighted by atomic mass is 16.6. The first-order valence-corrected chi connectivity index (χ1v) is 7.95. The molecule has 3 rings (SSSR count). The summed E-state index contributed by atoms with van der Waals surface area (Å²) in [6, 6.07) is 5.56. The number of ketones is 1. The molecule has 8 nitrogen and oxygen atoms in total. The molecule has 2 aliphatic rings. The van der Waals surface area contributed by atoms with Crippen LogP contribution >= 0.6 is 0 Å². The van der Waals surface area contributed by atoms with Crippen LogP contribution in [0.2, 0.25) is 0 Å². The van der Waals surface area contributed by atoms with Crippen molar-refractivity contribution in [2.75, 3.05) is 5.32 Å². The van der Waals surface area contributed by atoms with E-state index >= 15 is 0 Å².